The lowest BCUT2D eigenvalue weighted by atomic mass is 9.97. The number of hydrogen-bond donors (Lipinski definition) is 5. The van der Waals surface area contributed by atoms with Crippen LogP contribution in [0.15, 0.2) is 12.2 Å². The van der Waals surface area contributed by atoms with Crippen LogP contribution in [0.25, 0.3) is 0 Å². The van der Waals surface area contributed by atoms with Gasteiger partial charge in [-0.2, -0.15) is 0 Å². The van der Waals surface area contributed by atoms with Crippen molar-refractivity contribution in [2.75, 3.05) is 6.61 Å². The smallest absolute Gasteiger partial charge is 0.244 e. The Labute approximate surface area is 303 Å². The van der Waals surface area contributed by atoms with Gasteiger partial charge in [0.05, 0.1) is 6.61 Å². The molecule has 0 bridgehead atoms. The van der Waals surface area contributed by atoms with Crippen molar-refractivity contribution in [1.82, 2.24) is 5.32 Å². The van der Waals surface area contributed by atoms with E-state index in [2.05, 4.69) is 5.32 Å². The van der Waals surface area contributed by atoms with Crippen LogP contribution >= 0.6 is 0 Å². The van der Waals surface area contributed by atoms with Crippen LogP contribution in [0.3, 0.4) is 0 Å². The monoisotopic (exact) mass is 697 g/mol. The van der Waals surface area contributed by atoms with Gasteiger partial charge in [-0.15, -0.1) is 0 Å². The zero-order valence-electron chi connectivity index (χ0n) is 32.7. The van der Waals surface area contributed by atoms with Crippen LogP contribution in [-0.2, 0) is 9.53 Å². The zero-order chi connectivity index (χ0) is 36.3. The molecule has 0 radical (unpaired) electrons. The van der Waals surface area contributed by atoms with E-state index < -0.39 is 43.2 Å². The Morgan fingerprint density at radius 2 is 0.918 bits per heavy atom. The maximum Gasteiger partial charge on any atom is 0.244 e. The fourth-order valence-corrected chi connectivity index (χ4v) is 7.04. The van der Waals surface area contributed by atoms with E-state index in [-0.39, 0.29) is 0 Å². The van der Waals surface area contributed by atoms with E-state index in [9.17, 15) is 20.1 Å². The molecule has 5 atom stereocenters. The normalized spacial score (nSPS) is 21.4. The Balaban J connectivity index is 1.73. The molecule has 0 aliphatic carbocycles. The van der Waals surface area contributed by atoms with E-state index in [1.807, 2.05) is 0 Å². The highest BCUT2D eigenvalue weighted by molar-refractivity contribution is 5.87. The zero-order valence-corrected chi connectivity index (χ0v) is 31.7. The number of carbonyl (C=O) groups excluding carboxylic acids is 1. The van der Waals surface area contributed by atoms with Gasteiger partial charge in [-0.3, -0.25) is 4.79 Å². The molecule has 1 amide bonds. The summed E-state index contributed by atoms with van der Waals surface area (Å²) in [5.74, 6) is -0.458. The summed E-state index contributed by atoms with van der Waals surface area (Å²) in [4.78, 5) is 12.1. The molecular formula is C42H81NO6. The number of hydrogen-bond acceptors (Lipinski definition) is 6. The van der Waals surface area contributed by atoms with E-state index >= 15 is 0 Å². The number of allylic oxidation sites excluding steroid dienone is 1. The van der Waals surface area contributed by atoms with Gasteiger partial charge in [0.25, 0.3) is 0 Å². The topological polar surface area (TPSA) is 119 Å². The average molecular weight is 697 g/mol. The predicted molar refractivity (Wildman–Crippen MR) is 204 cm³/mol. The first-order valence-electron chi connectivity index (χ1n) is 21.8. The number of amides is 1. The van der Waals surface area contributed by atoms with Crippen LogP contribution in [0.5, 0.6) is 0 Å². The molecule has 1 aliphatic rings. The molecule has 49 heavy (non-hydrogen) atoms. The summed E-state index contributed by atoms with van der Waals surface area (Å²) in [7, 11) is 0. The van der Waals surface area contributed by atoms with E-state index in [1.165, 1.54) is 186 Å². The molecular weight excluding hydrogens is 614 g/mol. The number of unbranched alkanes of at least 4 members (excludes halogenated alkanes) is 31. The molecule has 0 spiro atoms. The summed E-state index contributed by atoms with van der Waals surface area (Å²) in [6, 6.07) is -1.15. The molecule has 1 unspecified atom stereocenters. The minimum absolute atomic E-state index is 0.458. The molecule has 1 fully saturated rings. The number of nitrogens with one attached hydrogen (secondary N) is 1. The second kappa shape index (κ2) is 34.1. The second-order valence-corrected chi connectivity index (χ2v) is 14.9. The Bertz CT molecular complexity index is 771. The van der Waals surface area contributed by atoms with Crippen molar-refractivity contribution >= 4 is 5.91 Å². The van der Waals surface area contributed by atoms with Gasteiger partial charge in [0.2, 0.25) is 5.91 Å². The van der Waals surface area contributed by atoms with Crippen LogP contribution in [0.2, 0.25) is 0 Å². The third kappa shape index (κ3) is 26.4. The molecule has 1 saturated heterocycles. The SMILES string of the molecule is [2H]CCCCCCCCCCCCCCCCCCCCCCCCCCCCCCCCCC=CC(=O)N[C@H]1C(O)O[C@H](CO)[C@H](O)[C@@H]1O. The Kier molecular flexibility index (Phi) is 30.8. The first-order chi connectivity index (χ1) is 24.5. The Hall–Kier alpha value is -0.990. The van der Waals surface area contributed by atoms with Gasteiger partial charge in [-0.25, -0.2) is 0 Å². The van der Waals surface area contributed by atoms with Gasteiger partial charge in [0.1, 0.15) is 24.4 Å². The summed E-state index contributed by atoms with van der Waals surface area (Å²) >= 11 is 0. The molecule has 0 saturated carbocycles. The molecule has 5 N–H and O–H groups in total. The quantitative estimate of drug-likeness (QED) is 0.0332. The van der Waals surface area contributed by atoms with Gasteiger partial charge < -0.3 is 30.5 Å². The third-order valence-corrected chi connectivity index (χ3v) is 10.3. The number of aliphatic hydroxyl groups is 4. The van der Waals surface area contributed by atoms with Crippen molar-refractivity contribution in [2.24, 2.45) is 0 Å². The van der Waals surface area contributed by atoms with Crippen molar-refractivity contribution in [2.45, 2.75) is 243 Å². The van der Waals surface area contributed by atoms with Crippen LogP contribution in [0, 0.1) is 0 Å². The number of aliphatic hydroxyl groups excluding tert-OH is 4. The number of ether oxygens (including phenoxy) is 1. The maximum atomic E-state index is 12.1. The first-order valence-corrected chi connectivity index (χ1v) is 21.1. The number of carbonyl (C=O) groups is 1. The van der Waals surface area contributed by atoms with Crippen molar-refractivity contribution in [3.63, 3.8) is 0 Å². The lowest BCUT2D eigenvalue weighted by Crippen LogP contribution is -2.64. The Morgan fingerprint density at radius 1 is 0.571 bits per heavy atom. The van der Waals surface area contributed by atoms with Crippen molar-refractivity contribution in [3.05, 3.63) is 12.2 Å². The van der Waals surface area contributed by atoms with Crippen LogP contribution < -0.4 is 5.32 Å². The summed E-state index contributed by atoms with van der Waals surface area (Å²) in [6.07, 6.45) is 40.9. The van der Waals surface area contributed by atoms with Gasteiger partial charge in [0.15, 0.2) is 6.29 Å². The molecule has 0 aromatic carbocycles. The molecule has 7 nitrogen and oxygen atoms in total. The maximum absolute atomic E-state index is 12.1. The molecule has 1 aliphatic heterocycles. The highest BCUT2D eigenvalue weighted by atomic mass is 16.6. The van der Waals surface area contributed by atoms with Gasteiger partial charge >= 0.3 is 0 Å². The highest BCUT2D eigenvalue weighted by Gasteiger charge is 2.44. The summed E-state index contributed by atoms with van der Waals surface area (Å²) in [5.41, 5.74) is 0. The van der Waals surface area contributed by atoms with Crippen molar-refractivity contribution in [1.29, 1.82) is 0 Å². The van der Waals surface area contributed by atoms with E-state index in [1.54, 1.807) is 6.08 Å². The van der Waals surface area contributed by atoms with Crippen LogP contribution in [0.1, 0.15) is 214 Å². The standard InChI is InChI=1S/C42H81NO6/c1-2-3-4-5-6-7-8-9-10-11-12-13-14-15-16-17-18-19-20-21-22-23-24-25-26-27-28-29-30-31-32-33-34-35-38(45)43-39-41(47)40(46)37(36-44)49-42(39)48/h34-35,37,39-42,44,46-48H,2-33,36H2,1H3,(H,43,45)/t37-,39-,40+,41-,42?/m1/s1/i1D. The lowest BCUT2D eigenvalue weighted by Gasteiger charge is -2.40. The summed E-state index contributed by atoms with van der Waals surface area (Å²) in [6.45, 7) is 0.0741. The minimum Gasteiger partial charge on any atom is -0.394 e. The Morgan fingerprint density at radius 3 is 1.27 bits per heavy atom. The largest absolute Gasteiger partial charge is 0.394 e. The van der Waals surface area contributed by atoms with E-state index in [0.717, 1.165) is 25.7 Å². The lowest BCUT2D eigenvalue weighted by molar-refractivity contribution is -0.253. The average Bonchev–Trinajstić information content (AvgIpc) is 3.11. The van der Waals surface area contributed by atoms with Gasteiger partial charge in [-0.05, 0) is 18.9 Å². The predicted octanol–water partition coefficient (Wildman–Crippen LogP) is 9.96. The third-order valence-electron chi connectivity index (χ3n) is 10.3. The molecule has 0 aromatic rings. The summed E-state index contributed by atoms with van der Waals surface area (Å²) in [5, 5.41) is 41.6. The van der Waals surface area contributed by atoms with Crippen molar-refractivity contribution < 1.29 is 31.3 Å². The fourth-order valence-electron chi connectivity index (χ4n) is 7.04. The van der Waals surface area contributed by atoms with Gasteiger partial charge in [0, 0.05) is 1.37 Å². The van der Waals surface area contributed by atoms with E-state index in [0.29, 0.717) is 6.90 Å². The number of rotatable bonds is 35. The molecule has 0 aromatic heterocycles. The first kappa shape index (κ1) is 44.2. The summed E-state index contributed by atoms with van der Waals surface area (Å²) < 4.78 is 12.2. The highest BCUT2D eigenvalue weighted by Crippen LogP contribution is 2.20. The minimum atomic E-state index is -1.50. The van der Waals surface area contributed by atoms with E-state index in [4.69, 9.17) is 11.2 Å². The fraction of sp³-hybridized carbons (Fsp3) is 0.929. The van der Waals surface area contributed by atoms with Crippen molar-refractivity contribution in [3.8, 4) is 0 Å². The second-order valence-electron chi connectivity index (χ2n) is 14.9. The van der Waals surface area contributed by atoms with Crippen LogP contribution in [-0.4, -0.2) is 63.6 Å². The molecule has 1 heterocycles. The molecule has 7 heteroatoms. The van der Waals surface area contributed by atoms with Crippen LogP contribution in [0.4, 0.5) is 0 Å². The van der Waals surface area contributed by atoms with Gasteiger partial charge in [-0.1, -0.05) is 206 Å². The molecule has 1 rings (SSSR count). The molecule has 290 valence electrons.